The number of urea groups is 1. The number of rotatable bonds is 3. The molecule has 2 fully saturated rings. The molecule has 1 saturated heterocycles. The van der Waals surface area contributed by atoms with Gasteiger partial charge in [0, 0.05) is 18.9 Å². The average molecular weight is 320 g/mol. The van der Waals surface area contributed by atoms with Crippen LogP contribution in [0, 0.1) is 0 Å². The summed E-state index contributed by atoms with van der Waals surface area (Å²) in [6, 6.07) is 2.12. The molecular weight excluding hydrogens is 292 g/mol. The van der Waals surface area contributed by atoms with Crippen molar-refractivity contribution in [2.24, 2.45) is 0 Å². The SMILES string of the molecule is CC(C)(O)C1CCCN1C(=O)NC1CCCCC1n1cccn1. The summed E-state index contributed by atoms with van der Waals surface area (Å²) in [7, 11) is 0. The highest BCUT2D eigenvalue weighted by Gasteiger charge is 2.39. The average Bonchev–Trinajstić information content (AvgIpc) is 3.19. The fourth-order valence-electron chi connectivity index (χ4n) is 4.06. The minimum Gasteiger partial charge on any atom is -0.388 e. The molecule has 0 bridgehead atoms. The van der Waals surface area contributed by atoms with Crippen molar-refractivity contribution < 1.29 is 9.90 Å². The summed E-state index contributed by atoms with van der Waals surface area (Å²) in [5.41, 5.74) is -0.859. The van der Waals surface area contributed by atoms with E-state index in [2.05, 4.69) is 10.4 Å². The predicted molar refractivity (Wildman–Crippen MR) is 88.1 cm³/mol. The van der Waals surface area contributed by atoms with Crippen LogP contribution in [0.3, 0.4) is 0 Å². The van der Waals surface area contributed by atoms with E-state index < -0.39 is 5.60 Å². The third kappa shape index (κ3) is 3.52. The summed E-state index contributed by atoms with van der Waals surface area (Å²) in [6.45, 7) is 4.30. The molecule has 6 nitrogen and oxygen atoms in total. The lowest BCUT2D eigenvalue weighted by molar-refractivity contribution is 0.00896. The van der Waals surface area contributed by atoms with Gasteiger partial charge in [-0.05, 0) is 45.6 Å². The van der Waals surface area contributed by atoms with E-state index in [9.17, 15) is 9.90 Å². The lowest BCUT2D eigenvalue weighted by Gasteiger charge is -2.37. The highest BCUT2D eigenvalue weighted by Crippen LogP contribution is 2.30. The number of carbonyl (C=O) groups excluding carboxylic acids is 1. The summed E-state index contributed by atoms with van der Waals surface area (Å²) in [5, 5.41) is 17.9. The first kappa shape index (κ1) is 16.3. The Labute approximate surface area is 137 Å². The number of hydrogen-bond donors (Lipinski definition) is 2. The molecule has 1 saturated carbocycles. The smallest absolute Gasteiger partial charge is 0.318 e. The van der Waals surface area contributed by atoms with Crippen LogP contribution in [-0.4, -0.2) is 50.0 Å². The van der Waals surface area contributed by atoms with Crippen LogP contribution < -0.4 is 5.32 Å². The van der Waals surface area contributed by atoms with Gasteiger partial charge in [-0.2, -0.15) is 5.10 Å². The van der Waals surface area contributed by atoms with Crippen molar-refractivity contribution in [3.05, 3.63) is 18.5 Å². The van der Waals surface area contributed by atoms with Crippen LogP contribution in [0.4, 0.5) is 4.79 Å². The molecule has 1 aromatic rings. The molecule has 2 N–H and O–H groups in total. The summed E-state index contributed by atoms with van der Waals surface area (Å²) in [4.78, 5) is 14.6. The molecule has 0 radical (unpaired) electrons. The van der Waals surface area contributed by atoms with Crippen LogP contribution in [0.25, 0.3) is 0 Å². The van der Waals surface area contributed by atoms with E-state index >= 15 is 0 Å². The number of amides is 2. The highest BCUT2D eigenvalue weighted by atomic mass is 16.3. The van der Waals surface area contributed by atoms with Gasteiger partial charge in [0.15, 0.2) is 0 Å². The second kappa shape index (κ2) is 6.51. The van der Waals surface area contributed by atoms with Gasteiger partial charge in [-0.25, -0.2) is 4.79 Å². The molecule has 0 spiro atoms. The highest BCUT2D eigenvalue weighted by molar-refractivity contribution is 5.75. The standard InChI is InChI=1S/C17H28N4O2/c1-17(2,23)15-9-5-11-20(15)16(22)19-13-7-3-4-8-14(13)21-12-6-10-18-21/h6,10,12-15,23H,3-5,7-9,11H2,1-2H3,(H,19,22). The molecule has 1 aromatic heterocycles. The van der Waals surface area contributed by atoms with E-state index in [-0.39, 0.29) is 24.2 Å². The van der Waals surface area contributed by atoms with Crippen molar-refractivity contribution in [1.29, 1.82) is 0 Å². The minimum absolute atomic E-state index is 0.0429. The molecule has 1 aliphatic carbocycles. The van der Waals surface area contributed by atoms with Gasteiger partial charge in [0.1, 0.15) is 0 Å². The van der Waals surface area contributed by atoms with Gasteiger partial charge in [0.05, 0.1) is 23.7 Å². The van der Waals surface area contributed by atoms with Crippen LogP contribution in [-0.2, 0) is 0 Å². The molecule has 3 atom stereocenters. The van der Waals surface area contributed by atoms with Crippen molar-refractivity contribution >= 4 is 6.03 Å². The Morgan fingerprint density at radius 2 is 2.04 bits per heavy atom. The van der Waals surface area contributed by atoms with Crippen molar-refractivity contribution in [1.82, 2.24) is 20.0 Å². The zero-order valence-electron chi connectivity index (χ0n) is 14.1. The zero-order valence-corrected chi connectivity index (χ0v) is 14.1. The zero-order chi connectivity index (χ0) is 16.4. The number of likely N-dealkylation sites (tertiary alicyclic amines) is 1. The number of aromatic nitrogens is 2. The third-order valence-electron chi connectivity index (χ3n) is 5.23. The summed E-state index contributed by atoms with van der Waals surface area (Å²) in [6.07, 6.45) is 9.92. The quantitative estimate of drug-likeness (QED) is 0.898. The van der Waals surface area contributed by atoms with Gasteiger partial charge in [-0.15, -0.1) is 0 Å². The Morgan fingerprint density at radius 1 is 1.26 bits per heavy atom. The Kier molecular flexibility index (Phi) is 4.62. The molecule has 2 heterocycles. The van der Waals surface area contributed by atoms with Gasteiger partial charge in [0.25, 0.3) is 0 Å². The summed E-state index contributed by atoms with van der Waals surface area (Å²) >= 11 is 0. The van der Waals surface area contributed by atoms with Crippen molar-refractivity contribution in [3.63, 3.8) is 0 Å². The third-order valence-corrected chi connectivity index (χ3v) is 5.23. The van der Waals surface area contributed by atoms with Crippen molar-refractivity contribution in [2.75, 3.05) is 6.54 Å². The first-order valence-corrected chi connectivity index (χ1v) is 8.75. The van der Waals surface area contributed by atoms with Crippen LogP contribution in [0.5, 0.6) is 0 Å². The van der Waals surface area contributed by atoms with E-state index in [1.807, 2.05) is 21.8 Å². The minimum atomic E-state index is -0.859. The van der Waals surface area contributed by atoms with Gasteiger partial charge in [0.2, 0.25) is 0 Å². The van der Waals surface area contributed by atoms with E-state index in [0.717, 1.165) is 38.6 Å². The van der Waals surface area contributed by atoms with Gasteiger partial charge in [-0.3, -0.25) is 4.68 Å². The van der Waals surface area contributed by atoms with Gasteiger partial charge in [-0.1, -0.05) is 12.8 Å². The first-order chi connectivity index (χ1) is 11.0. The van der Waals surface area contributed by atoms with Crippen LogP contribution in [0.2, 0.25) is 0 Å². The summed E-state index contributed by atoms with van der Waals surface area (Å²) < 4.78 is 1.97. The Morgan fingerprint density at radius 3 is 2.74 bits per heavy atom. The molecule has 3 rings (SSSR count). The fourth-order valence-corrected chi connectivity index (χ4v) is 4.06. The lowest BCUT2D eigenvalue weighted by Crippen LogP contribution is -2.54. The van der Waals surface area contributed by atoms with E-state index in [1.54, 1.807) is 20.0 Å². The lowest BCUT2D eigenvalue weighted by atomic mass is 9.90. The molecule has 23 heavy (non-hydrogen) atoms. The van der Waals surface area contributed by atoms with Gasteiger partial charge < -0.3 is 15.3 Å². The number of carbonyl (C=O) groups is 1. The van der Waals surface area contributed by atoms with Crippen LogP contribution >= 0.6 is 0 Å². The fraction of sp³-hybridized carbons (Fsp3) is 0.765. The normalized spacial score (nSPS) is 28.8. The first-order valence-electron chi connectivity index (χ1n) is 8.75. The second-order valence-corrected chi connectivity index (χ2v) is 7.40. The van der Waals surface area contributed by atoms with Crippen molar-refractivity contribution in [3.8, 4) is 0 Å². The molecule has 2 amide bonds. The second-order valence-electron chi connectivity index (χ2n) is 7.40. The Hall–Kier alpha value is -1.56. The van der Waals surface area contributed by atoms with Crippen LogP contribution in [0.1, 0.15) is 58.4 Å². The topological polar surface area (TPSA) is 70.4 Å². The summed E-state index contributed by atoms with van der Waals surface area (Å²) in [5.74, 6) is 0. The number of nitrogens with zero attached hydrogens (tertiary/aromatic N) is 3. The molecule has 2 aliphatic rings. The molecule has 3 unspecified atom stereocenters. The van der Waals surface area contributed by atoms with E-state index in [0.29, 0.717) is 0 Å². The van der Waals surface area contributed by atoms with E-state index in [4.69, 9.17) is 0 Å². The molecule has 6 heteroatoms. The van der Waals surface area contributed by atoms with Crippen molar-refractivity contribution in [2.45, 2.75) is 76.1 Å². The Bertz CT molecular complexity index is 523. The number of hydrogen-bond acceptors (Lipinski definition) is 3. The molecule has 1 aliphatic heterocycles. The maximum atomic E-state index is 12.8. The van der Waals surface area contributed by atoms with Crippen LogP contribution in [0.15, 0.2) is 18.5 Å². The maximum absolute atomic E-state index is 12.8. The van der Waals surface area contributed by atoms with Gasteiger partial charge >= 0.3 is 6.03 Å². The Balaban J connectivity index is 1.68. The maximum Gasteiger partial charge on any atom is 0.318 e. The predicted octanol–water partition coefficient (Wildman–Crippen LogP) is 2.31. The molecular formula is C17H28N4O2. The molecule has 0 aromatic carbocycles. The number of nitrogens with one attached hydrogen (secondary N) is 1. The molecule has 128 valence electrons. The monoisotopic (exact) mass is 320 g/mol. The number of aliphatic hydroxyl groups is 1. The largest absolute Gasteiger partial charge is 0.388 e. The van der Waals surface area contributed by atoms with E-state index in [1.165, 1.54) is 6.42 Å².